The maximum Gasteiger partial charge on any atom is 0.311 e. The van der Waals surface area contributed by atoms with Gasteiger partial charge in [0, 0.05) is 6.07 Å². The second kappa shape index (κ2) is 4.71. The lowest BCUT2D eigenvalue weighted by Gasteiger charge is -2.18. The van der Waals surface area contributed by atoms with E-state index in [2.05, 4.69) is 0 Å². The van der Waals surface area contributed by atoms with Gasteiger partial charge in [0.1, 0.15) is 6.10 Å². The van der Waals surface area contributed by atoms with Crippen molar-refractivity contribution in [2.45, 2.75) is 38.4 Å². The number of ether oxygens (including phenoxy) is 1. The van der Waals surface area contributed by atoms with Crippen molar-refractivity contribution in [2.24, 2.45) is 0 Å². The van der Waals surface area contributed by atoms with Gasteiger partial charge >= 0.3 is 5.69 Å². The molecule has 1 aromatic carbocycles. The minimum absolute atomic E-state index is 0.0379. The molecular weight excluding hydrogens is 222 g/mol. The average Bonchev–Trinajstić information content (AvgIpc) is 2.67. The van der Waals surface area contributed by atoms with Crippen molar-refractivity contribution in [3.63, 3.8) is 0 Å². The third-order valence-corrected chi connectivity index (χ3v) is 3.07. The van der Waals surface area contributed by atoms with Crippen molar-refractivity contribution in [1.82, 2.24) is 0 Å². The van der Waals surface area contributed by atoms with Crippen LogP contribution in [0.4, 0.5) is 5.69 Å². The molecule has 1 saturated carbocycles. The summed E-state index contributed by atoms with van der Waals surface area (Å²) in [5.41, 5.74) is 0.683. The Bertz CT molecular complexity index is 433. The Balaban J connectivity index is 2.27. The minimum Gasteiger partial charge on any atom is -0.481 e. The lowest BCUT2D eigenvalue weighted by molar-refractivity contribution is -0.386. The van der Waals surface area contributed by atoms with E-state index in [4.69, 9.17) is 4.74 Å². The Morgan fingerprint density at radius 2 is 2.24 bits per heavy atom. The highest BCUT2D eigenvalue weighted by Crippen LogP contribution is 2.34. The van der Waals surface area contributed by atoms with Crippen LogP contribution in [0.25, 0.3) is 0 Å². The highest BCUT2D eigenvalue weighted by Gasteiger charge is 2.29. The maximum absolute atomic E-state index is 10.9. The van der Waals surface area contributed by atoms with Crippen molar-refractivity contribution in [2.75, 3.05) is 0 Å². The van der Waals surface area contributed by atoms with Crippen LogP contribution in [0, 0.1) is 17.0 Å². The molecule has 0 aliphatic heterocycles. The molecule has 0 heterocycles. The summed E-state index contributed by atoms with van der Waals surface area (Å²) in [4.78, 5) is 10.4. The molecule has 17 heavy (non-hydrogen) atoms. The van der Waals surface area contributed by atoms with Crippen LogP contribution in [0.1, 0.15) is 24.8 Å². The van der Waals surface area contributed by atoms with Gasteiger partial charge in [0.2, 0.25) is 0 Å². The monoisotopic (exact) mass is 237 g/mol. The van der Waals surface area contributed by atoms with Crippen molar-refractivity contribution in [3.8, 4) is 5.75 Å². The fourth-order valence-corrected chi connectivity index (χ4v) is 2.13. The quantitative estimate of drug-likeness (QED) is 0.646. The summed E-state index contributed by atoms with van der Waals surface area (Å²) in [5, 5.41) is 20.6. The lowest BCUT2D eigenvalue weighted by Crippen LogP contribution is -2.26. The predicted molar refractivity (Wildman–Crippen MR) is 62.1 cm³/mol. The van der Waals surface area contributed by atoms with E-state index in [-0.39, 0.29) is 17.5 Å². The molecule has 1 fully saturated rings. The molecule has 0 spiro atoms. The van der Waals surface area contributed by atoms with Gasteiger partial charge in [-0.3, -0.25) is 10.1 Å². The zero-order valence-electron chi connectivity index (χ0n) is 9.63. The Hall–Kier alpha value is -1.62. The summed E-state index contributed by atoms with van der Waals surface area (Å²) >= 11 is 0. The van der Waals surface area contributed by atoms with E-state index in [9.17, 15) is 15.2 Å². The molecule has 2 atom stereocenters. The van der Waals surface area contributed by atoms with Gasteiger partial charge in [-0.05, 0) is 31.7 Å². The molecule has 1 aromatic rings. The fraction of sp³-hybridized carbons (Fsp3) is 0.500. The Kier molecular flexibility index (Phi) is 3.28. The number of benzene rings is 1. The first-order valence-corrected chi connectivity index (χ1v) is 5.68. The molecule has 0 saturated heterocycles. The normalized spacial score (nSPS) is 23.6. The van der Waals surface area contributed by atoms with Gasteiger partial charge in [0.05, 0.1) is 11.0 Å². The molecule has 0 radical (unpaired) electrons. The standard InChI is InChI=1S/C12H15NO4/c1-8-4-2-5-9(13(15)16)12(8)17-11-7-3-6-10(11)14/h2,4-5,10-11,14H,3,6-7H2,1H3/t10-,11-/m1/s1. The highest BCUT2D eigenvalue weighted by atomic mass is 16.6. The van der Waals surface area contributed by atoms with E-state index in [0.29, 0.717) is 6.42 Å². The summed E-state index contributed by atoms with van der Waals surface area (Å²) < 4.78 is 5.62. The smallest absolute Gasteiger partial charge is 0.311 e. The van der Waals surface area contributed by atoms with Crippen LogP contribution < -0.4 is 4.74 Å². The minimum atomic E-state index is -0.519. The molecular formula is C12H15NO4. The van der Waals surface area contributed by atoms with Crippen molar-refractivity contribution < 1.29 is 14.8 Å². The maximum atomic E-state index is 10.9. The number of aryl methyl sites for hydroxylation is 1. The summed E-state index contributed by atoms with van der Waals surface area (Å²) in [7, 11) is 0. The number of aliphatic hydroxyl groups excluding tert-OH is 1. The van der Waals surface area contributed by atoms with E-state index < -0.39 is 11.0 Å². The number of para-hydroxylation sites is 1. The van der Waals surface area contributed by atoms with Gasteiger partial charge in [-0.25, -0.2) is 0 Å². The number of nitro groups is 1. The third kappa shape index (κ3) is 2.39. The van der Waals surface area contributed by atoms with E-state index in [1.165, 1.54) is 6.07 Å². The zero-order valence-corrected chi connectivity index (χ0v) is 9.63. The SMILES string of the molecule is Cc1cccc([N+](=O)[O-])c1O[C@@H]1CCC[C@H]1O. The molecule has 1 aliphatic carbocycles. The van der Waals surface area contributed by atoms with Crippen LogP contribution in [0.2, 0.25) is 0 Å². The van der Waals surface area contributed by atoms with Gasteiger partial charge in [-0.1, -0.05) is 12.1 Å². The van der Waals surface area contributed by atoms with Crippen molar-refractivity contribution in [1.29, 1.82) is 0 Å². The summed E-state index contributed by atoms with van der Waals surface area (Å²) in [6, 6.07) is 4.82. The molecule has 0 bridgehead atoms. The molecule has 2 rings (SSSR count). The molecule has 0 aromatic heterocycles. The van der Waals surface area contributed by atoms with Crippen LogP contribution >= 0.6 is 0 Å². The molecule has 1 N–H and O–H groups in total. The second-order valence-corrected chi connectivity index (χ2v) is 4.33. The van der Waals surface area contributed by atoms with Gasteiger partial charge in [0.15, 0.2) is 5.75 Å². The van der Waals surface area contributed by atoms with E-state index in [0.717, 1.165) is 18.4 Å². The van der Waals surface area contributed by atoms with Crippen LogP contribution in [0.3, 0.4) is 0 Å². The first-order valence-electron chi connectivity index (χ1n) is 5.68. The number of nitrogens with zero attached hydrogens (tertiary/aromatic N) is 1. The summed E-state index contributed by atoms with van der Waals surface area (Å²) in [6.45, 7) is 1.77. The third-order valence-electron chi connectivity index (χ3n) is 3.07. The van der Waals surface area contributed by atoms with Gasteiger partial charge in [-0.15, -0.1) is 0 Å². The van der Waals surface area contributed by atoms with E-state index in [1.54, 1.807) is 19.1 Å². The Morgan fingerprint density at radius 3 is 2.82 bits per heavy atom. The molecule has 5 nitrogen and oxygen atoms in total. The van der Waals surface area contributed by atoms with Crippen molar-refractivity contribution in [3.05, 3.63) is 33.9 Å². The molecule has 0 amide bonds. The first-order chi connectivity index (χ1) is 8.09. The lowest BCUT2D eigenvalue weighted by atomic mass is 10.2. The van der Waals surface area contributed by atoms with Gasteiger partial charge in [-0.2, -0.15) is 0 Å². The number of nitro benzene ring substituents is 1. The summed E-state index contributed by atoms with van der Waals surface area (Å²) in [6.07, 6.45) is 1.49. The topological polar surface area (TPSA) is 72.6 Å². The Labute approximate surface area is 99.2 Å². The number of rotatable bonds is 3. The van der Waals surface area contributed by atoms with Gasteiger partial charge in [0.25, 0.3) is 0 Å². The van der Waals surface area contributed by atoms with E-state index >= 15 is 0 Å². The number of hydrogen-bond acceptors (Lipinski definition) is 4. The second-order valence-electron chi connectivity index (χ2n) is 4.33. The Morgan fingerprint density at radius 1 is 1.47 bits per heavy atom. The summed E-state index contributed by atoms with van der Waals surface area (Å²) in [5.74, 6) is 0.281. The molecule has 1 aliphatic rings. The fourth-order valence-electron chi connectivity index (χ4n) is 2.13. The largest absolute Gasteiger partial charge is 0.481 e. The van der Waals surface area contributed by atoms with Crippen LogP contribution in [-0.4, -0.2) is 22.2 Å². The molecule has 0 unspecified atom stereocenters. The van der Waals surface area contributed by atoms with E-state index in [1.807, 2.05) is 0 Å². The van der Waals surface area contributed by atoms with Crippen LogP contribution in [0.15, 0.2) is 18.2 Å². The molecule has 5 heteroatoms. The highest BCUT2D eigenvalue weighted by molar-refractivity contribution is 5.51. The van der Waals surface area contributed by atoms with Crippen LogP contribution in [-0.2, 0) is 0 Å². The van der Waals surface area contributed by atoms with Gasteiger partial charge < -0.3 is 9.84 Å². The average molecular weight is 237 g/mol. The first kappa shape index (κ1) is 11.9. The van der Waals surface area contributed by atoms with Crippen LogP contribution in [0.5, 0.6) is 5.75 Å². The zero-order chi connectivity index (χ0) is 12.4. The predicted octanol–water partition coefficient (Wildman–Crippen LogP) is 2.20. The number of aliphatic hydroxyl groups is 1. The molecule has 92 valence electrons. The number of hydrogen-bond donors (Lipinski definition) is 1. The van der Waals surface area contributed by atoms with Crippen molar-refractivity contribution >= 4 is 5.69 Å².